The number of para-hydroxylation sites is 1. The number of aromatic nitrogens is 1. The molecule has 4 heteroatoms. The van der Waals surface area contributed by atoms with Crippen LogP contribution in [0.2, 0.25) is 0 Å². The van der Waals surface area contributed by atoms with Crippen LogP contribution in [0.25, 0.3) is 0 Å². The van der Waals surface area contributed by atoms with Crippen molar-refractivity contribution < 1.29 is 4.79 Å². The third-order valence-corrected chi connectivity index (χ3v) is 3.86. The van der Waals surface area contributed by atoms with Crippen molar-refractivity contribution in [1.29, 1.82) is 5.41 Å². The summed E-state index contributed by atoms with van der Waals surface area (Å²) in [6.07, 6.45) is 2.35. The maximum absolute atomic E-state index is 12.7. The van der Waals surface area contributed by atoms with Gasteiger partial charge in [0.25, 0.3) is 0 Å². The minimum absolute atomic E-state index is 0.0602. The van der Waals surface area contributed by atoms with Gasteiger partial charge in [0.15, 0.2) is 5.78 Å². The van der Waals surface area contributed by atoms with E-state index in [1.165, 1.54) is 0 Å². The fourth-order valence-electron chi connectivity index (χ4n) is 2.89. The van der Waals surface area contributed by atoms with Gasteiger partial charge >= 0.3 is 0 Å². The van der Waals surface area contributed by atoms with Crippen molar-refractivity contribution in [3.63, 3.8) is 0 Å². The van der Waals surface area contributed by atoms with E-state index in [1.54, 1.807) is 6.20 Å². The van der Waals surface area contributed by atoms with E-state index in [0.29, 0.717) is 18.0 Å². The van der Waals surface area contributed by atoms with E-state index in [1.807, 2.05) is 60.4 Å². The van der Waals surface area contributed by atoms with Crippen LogP contribution in [0.15, 0.2) is 54.7 Å². The molecule has 1 aromatic heterocycles. The Morgan fingerprint density at radius 3 is 2.48 bits per heavy atom. The molecule has 1 aliphatic rings. The van der Waals surface area contributed by atoms with Crippen LogP contribution in [0.4, 0.5) is 5.69 Å². The Balaban J connectivity index is 2.03. The van der Waals surface area contributed by atoms with Crippen molar-refractivity contribution in [1.82, 2.24) is 4.98 Å². The van der Waals surface area contributed by atoms with E-state index in [2.05, 4.69) is 4.98 Å². The van der Waals surface area contributed by atoms with Gasteiger partial charge in [-0.15, -0.1) is 0 Å². The second-order valence-electron chi connectivity index (χ2n) is 5.10. The maximum Gasteiger partial charge on any atom is 0.172 e. The molecule has 2 unspecified atom stereocenters. The first-order valence-electron chi connectivity index (χ1n) is 7.11. The minimum atomic E-state index is -0.559. The quantitative estimate of drug-likeness (QED) is 0.939. The summed E-state index contributed by atoms with van der Waals surface area (Å²) in [5.74, 6) is -0.182. The Morgan fingerprint density at radius 1 is 1.14 bits per heavy atom. The van der Waals surface area contributed by atoms with Crippen molar-refractivity contribution in [2.45, 2.75) is 25.3 Å². The number of carbonyl (C=O) groups excluding carboxylic acids is 1. The Bertz CT molecular complexity index is 654. The molecular weight excluding hydrogens is 262 g/mol. The smallest absolute Gasteiger partial charge is 0.172 e. The molecule has 0 bridgehead atoms. The largest absolute Gasteiger partial charge is 0.319 e. The van der Waals surface area contributed by atoms with Gasteiger partial charge in [0, 0.05) is 11.9 Å². The van der Waals surface area contributed by atoms with Crippen LogP contribution in [0.5, 0.6) is 0 Å². The summed E-state index contributed by atoms with van der Waals surface area (Å²) in [7, 11) is 0. The molecule has 2 aromatic rings. The van der Waals surface area contributed by atoms with Gasteiger partial charge in [-0.2, -0.15) is 0 Å². The van der Waals surface area contributed by atoms with Crippen LogP contribution < -0.4 is 4.90 Å². The van der Waals surface area contributed by atoms with Crippen LogP contribution in [0, 0.1) is 5.41 Å². The van der Waals surface area contributed by atoms with Crippen molar-refractivity contribution in [2.75, 3.05) is 4.90 Å². The third-order valence-electron chi connectivity index (χ3n) is 3.86. The minimum Gasteiger partial charge on any atom is -0.319 e. The molecule has 0 spiro atoms. The topological polar surface area (TPSA) is 57.1 Å². The van der Waals surface area contributed by atoms with E-state index >= 15 is 0 Å². The molecule has 1 aromatic carbocycles. The van der Waals surface area contributed by atoms with E-state index in [-0.39, 0.29) is 11.8 Å². The number of benzene rings is 1. The number of anilines is 1. The molecule has 0 saturated carbocycles. The lowest BCUT2D eigenvalue weighted by molar-refractivity contribution is -0.119. The van der Waals surface area contributed by atoms with Crippen LogP contribution in [-0.4, -0.2) is 22.6 Å². The average molecular weight is 279 g/mol. The molecule has 2 heterocycles. The first-order chi connectivity index (χ1) is 10.2. The zero-order valence-electron chi connectivity index (χ0n) is 11.9. The standard InChI is InChI=1S/C17H17N3O/c1-2-14-16(21)15(13-10-6-7-11-19-13)17(18)20(14)12-8-4-3-5-9-12/h3-11,14-15,18H,2H2,1H3. The van der Waals surface area contributed by atoms with Gasteiger partial charge in [0.05, 0.1) is 11.7 Å². The van der Waals surface area contributed by atoms with Gasteiger partial charge in [-0.25, -0.2) is 0 Å². The Morgan fingerprint density at radius 2 is 1.86 bits per heavy atom. The number of nitrogens with one attached hydrogen (secondary N) is 1. The molecule has 1 saturated heterocycles. The first kappa shape index (κ1) is 13.5. The number of rotatable bonds is 3. The van der Waals surface area contributed by atoms with Crippen LogP contribution in [-0.2, 0) is 4.79 Å². The predicted molar refractivity (Wildman–Crippen MR) is 82.7 cm³/mol. The lowest BCUT2D eigenvalue weighted by atomic mass is 9.98. The molecule has 0 amide bonds. The molecule has 1 fully saturated rings. The van der Waals surface area contributed by atoms with Crippen molar-refractivity contribution >= 4 is 17.3 Å². The van der Waals surface area contributed by atoms with Gasteiger partial charge in [0.1, 0.15) is 11.8 Å². The van der Waals surface area contributed by atoms with E-state index < -0.39 is 5.92 Å². The zero-order valence-corrected chi connectivity index (χ0v) is 11.9. The molecule has 21 heavy (non-hydrogen) atoms. The lowest BCUT2D eigenvalue weighted by Gasteiger charge is -2.24. The Labute approximate surface area is 123 Å². The number of carbonyl (C=O) groups is 1. The number of hydrogen-bond donors (Lipinski definition) is 1. The molecule has 3 rings (SSSR count). The number of amidine groups is 1. The number of ketones is 1. The summed E-state index contributed by atoms with van der Waals surface area (Å²) in [6.45, 7) is 1.98. The molecule has 0 radical (unpaired) electrons. The monoisotopic (exact) mass is 279 g/mol. The van der Waals surface area contributed by atoms with E-state index in [0.717, 1.165) is 5.69 Å². The molecular formula is C17H17N3O. The summed E-state index contributed by atoms with van der Waals surface area (Å²) in [6, 6.07) is 14.9. The summed E-state index contributed by atoms with van der Waals surface area (Å²) in [5.41, 5.74) is 1.55. The van der Waals surface area contributed by atoms with Crippen molar-refractivity contribution in [3.8, 4) is 0 Å². The summed E-state index contributed by atoms with van der Waals surface area (Å²) in [4.78, 5) is 18.8. The highest BCUT2D eigenvalue weighted by atomic mass is 16.1. The Hall–Kier alpha value is -2.49. The fourth-order valence-corrected chi connectivity index (χ4v) is 2.89. The van der Waals surface area contributed by atoms with Crippen LogP contribution >= 0.6 is 0 Å². The molecule has 1 N–H and O–H groups in total. The average Bonchev–Trinajstić information content (AvgIpc) is 2.79. The van der Waals surface area contributed by atoms with Gasteiger partial charge < -0.3 is 4.90 Å². The summed E-state index contributed by atoms with van der Waals surface area (Å²) < 4.78 is 0. The summed E-state index contributed by atoms with van der Waals surface area (Å²) >= 11 is 0. The maximum atomic E-state index is 12.7. The first-order valence-corrected chi connectivity index (χ1v) is 7.11. The van der Waals surface area contributed by atoms with Gasteiger partial charge in [0.2, 0.25) is 0 Å². The van der Waals surface area contributed by atoms with Crippen LogP contribution in [0.1, 0.15) is 25.0 Å². The highest BCUT2D eigenvalue weighted by molar-refractivity contribution is 6.23. The molecule has 1 aliphatic heterocycles. The van der Waals surface area contributed by atoms with Crippen molar-refractivity contribution in [3.05, 3.63) is 60.4 Å². The second-order valence-corrected chi connectivity index (χ2v) is 5.10. The van der Waals surface area contributed by atoms with Gasteiger partial charge in [-0.05, 0) is 30.7 Å². The summed E-state index contributed by atoms with van der Waals surface area (Å²) in [5, 5.41) is 8.47. The molecule has 0 aliphatic carbocycles. The number of pyridine rings is 1. The van der Waals surface area contributed by atoms with Crippen molar-refractivity contribution in [2.24, 2.45) is 0 Å². The molecule has 106 valence electrons. The van der Waals surface area contributed by atoms with E-state index in [9.17, 15) is 4.79 Å². The Kier molecular flexibility index (Phi) is 3.52. The van der Waals surface area contributed by atoms with Gasteiger partial charge in [-0.1, -0.05) is 31.2 Å². The highest BCUT2D eigenvalue weighted by Crippen LogP contribution is 2.34. The second kappa shape index (κ2) is 5.48. The SMILES string of the molecule is CCC1C(=O)C(c2ccccn2)C(=N)N1c1ccccc1. The predicted octanol–water partition coefficient (Wildman–Crippen LogP) is 3.01. The fraction of sp³-hybridized carbons (Fsp3) is 0.235. The third kappa shape index (κ3) is 2.23. The van der Waals surface area contributed by atoms with Gasteiger partial charge in [-0.3, -0.25) is 15.2 Å². The zero-order chi connectivity index (χ0) is 14.8. The molecule has 4 nitrogen and oxygen atoms in total. The highest BCUT2D eigenvalue weighted by Gasteiger charge is 2.45. The number of hydrogen-bond acceptors (Lipinski definition) is 3. The number of nitrogens with zero attached hydrogens (tertiary/aromatic N) is 2. The number of Topliss-reactive ketones (excluding diaryl/α,β-unsaturated/α-hetero) is 1. The normalized spacial score (nSPS) is 21.9. The van der Waals surface area contributed by atoms with Crippen LogP contribution in [0.3, 0.4) is 0 Å². The molecule has 2 atom stereocenters. The lowest BCUT2D eigenvalue weighted by Crippen LogP contribution is -2.34. The van der Waals surface area contributed by atoms with E-state index in [4.69, 9.17) is 5.41 Å².